The lowest BCUT2D eigenvalue weighted by atomic mass is 9.86. The zero-order valence-electron chi connectivity index (χ0n) is 16.1. The summed E-state index contributed by atoms with van der Waals surface area (Å²) >= 11 is 0. The van der Waals surface area contributed by atoms with Crippen molar-refractivity contribution in [1.29, 1.82) is 0 Å². The zero-order valence-corrected chi connectivity index (χ0v) is 16.9. The zero-order chi connectivity index (χ0) is 19.1. The summed E-state index contributed by atoms with van der Waals surface area (Å²) in [6.45, 7) is 9.04. The molecule has 0 aliphatic carbocycles. The normalized spacial score (nSPS) is 12.0. The first-order valence-corrected chi connectivity index (χ1v) is 10.8. The van der Waals surface area contributed by atoms with Crippen LogP contribution in [0.2, 0.25) is 0 Å². The molecule has 25 heavy (non-hydrogen) atoms. The Morgan fingerprint density at radius 3 is 2.36 bits per heavy atom. The van der Waals surface area contributed by atoms with Crippen molar-refractivity contribution in [3.63, 3.8) is 0 Å². The van der Waals surface area contributed by atoms with Gasteiger partial charge in [-0.2, -0.15) is 0 Å². The third-order valence-corrected chi connectivity index (χ3v) is 5.21. The summed E-state index contributed by atoms with van der Waals surface area (Å²) in [6.07, 6.45) is 4.46. The predicted octanol–water partition coefficient (Wildman–Crippen LogP) is 3.45. The number of rotatable bonds is 9. The van der Waals surface area contributed by atoms with Crippen molar-refractivity contribution in [2.24, 2.45) is 0 Å². The number of benzene rings is 1. The van der Waals surface area contributed by atoms with Crippen molar-refractivity contribution in [3.05, 3.63) is 29.8 Å². The Morgan fingerprint density at radius 1 is 1.16 bits per heavy atom. The van der Waals surface area contributed by atoms with Crippen LogP contribution in [0.3, 0.4) is 0 Å². The number of carbonyl (C=O) groups excluding carboxylic acids is 1. The summed E-state index contributed by atoms with van der Waals surface area (Å²) in [6, 6.07) is 7.48. The van der Waals surface area contributed by atoms with Crippen LogP contribution in [0.15, 0.2) is 24.3 Å². The standard InChI is InChI=1S/C19H32N2O3S/c1-6-7-10-14-20-18(22)13-15-21(25(5,23)24)17-12-9-8-11-16(17)19(2,3)4/h8-9,11-12H,6-7,10,13-15H2,1-5H3,(H,20,22). The number of nitrogens with zero attached hydrogens (tertiary/aromatic N) is 1. The van der Waals surface area contributed by atoms with Crippen LogP contribution in [0.4, 0.5) is 5.69 Å². The first kappa shape index (κ1) is 21.5. The second-order valence-electron chi connectivity index (χ2n) is 7.41. The van der Waals surface area contributed by atoms with Crippen LogP contribution >= 0.6 is 0 Å². The van der Waals surface area contributed by atoms with E-state index in [0.29, 0.717) is 12.2 Å². The smallest absolute Gasteiger partial charge is 0.232 e. The summed E-state index contributed by atoms with van der Waals surface area (Å²) in [5, 5.41) is 2.86. The third kappa shape index (κ3) is 7.06. The van der Waals surface area contributed by atoms with Crippen LogP contribution in [0, 0.1) is 0 Å². The van der Waals surface area contributed by atoms with Gasteiger partial charge in [-0.05, 0) is 23.5 Å². The molecule has 0 fully saturated rings. The Labute approximate surface area is 152 Å². The Hall–Kier alpha value is -1.56. The molecule has 1 aromatic carbocycles. The summed E-state index contributed by atoms with van der Waals surface area (Å²) in [4.78, 5) is 12.0. The molecule has 1 aromatic rings. The van der Waals surface area contributed by atoms with E-state index in [-0.39, 0.29) is 24.3 Å². The predicted molar refractivity (Wildman–Crippen MR) is 104 cm³/mol. The monoisotopic (exact) mass is 368 g/mol. The van der Waals surface area contributed by atoms with Crippen molar-refractivity contribution >= 4 is 21.6 Å². The molecule has 1 amide bonds. The van der Waals surface area contributed by atoms with Crippen LogP contribution in [-0.4, -0.2) is 33.7 Å². The average molecular weight is 369 g/mol. The van der Waals surface area contributed by atoms with Crippen LogP contribution in [0.1, 0.15) is 58.9 Å². The van der Waals surface area contributed by atoms with Gasteiger partial charge in [-0.1, -0.05) is 58.7 Å². The van der Waals surface area contributed by atoms with Crippen molar-refractivity contribution in [1.82, 2.24) is 5.32 Å². The number of amides is 1. The molecule has 0 bridgehead atoms. The molecule has 0 aromatic heterocycles. The van der Waals surface area contributed by atoms with Crippen molar-refractivity contribution in [3.8, 4) is 0 Å². The molecule has 5 nitrogen and oxygen atoms in total. The summed E-state index contributed by atoms with van der Waals surface area (Å²) in [5.41, 5.74) is 1.40. The average Bonchev–Trinajstić information content (AvgIpc) is 2.50. The minimum Gasteiger partial charge on any atom is -0.356 e. The number of nitrogens with one attached hydrogen (secondary N) is 1. The Kier molecular flexibility index (Phi) is 7.93. The van der Waals surface area contributed by atoms with E-state index in [1.165, 1.54) is 10.6 Å². The molecule has 0 heterocycles. The van der Waals surface area contributed by atoms with Gasteiger partial charge in [-0.3, -0.25) is 9.10 Å². The number of sulfonamides is 1. The molecule has 0 spiro atoms. The molecule has 6 heteroatoms. The Morgan fingerprint density at radius 2 is 1.80 bits per heavy atom. The molecular weight excluding hydrogens is 336 g/mol. The number of anilines is 1. The van der Waals surface area contributed by atoms with Crippen LogP contribution in [0.25, 0.3) is 0 Å². The van der Waals surface area contributed by atoms with Crippen molar-refractivity contribution in [2.45, 2.75) is 58.8 Å². The number of hydrogen-bond acceptors (Lipinski definition) is 3. The van der Waals surface area contributed by atoms with Crippen LogP contribution < -0.4 is 9.62 Å². The SMILES string of the molecule is CCCCCNC(=O)CCN(c1ccccc1C(C)(C)C)S(C)(=O)=O. The Bertz CT molecular complexity index is 663. The van der Waals surface area contributed by atoms with Gasteiger partial charge < -0.3 is 5.32 Å². The van der Waals surface area contributed by atoms with E-state index in [2.05, 4.69) is 12.2 Å². The van der Waals surface area contributed by atoms with E-state index >= 15 is 0 Å². The highest BCUT2D eigenvalue weighted by molar-refractivity contribution is 7.92. The van der Waals surface area contributed by atoms with Crippen molar-refractivity contribution in [2.75, 3.05) is 23.7 Å². The molecule has 1 N–H and O–H groups in total. The van der Waals surface area contributed by atoms with Gasteiger partial charge in [-0.25, -0.2) is 8.42 Å². The minimum absolute atomic E-state index is 0.113. The van der Waals surface area contributed by atoms with Gasteiger partial charge in [0.25, 0.3) is 0 Å². The fraction of sp³-hybridized carbons (Fsp3) is 0.632. The molecule has 0 saturated heterocycles. The third-order valence-electron chi connectivity index (χ3n) is 4.03. The molecule has 0 aliphatic rings. The highest BCUT2D eigenvalue weighted by Gasteiger charge is 2.25. The van der Waals surface area contributed by atoms with Crippen molar-refractivity contribution < 1.29 is 13.2 Å². The number of unbranched alkanes of at least 4 members (excludes halogenated alkanes) is 2. The lowest BCUT2D eigenvalue weighted by Crippen LogP contribution is -2.36. The second-order valence-corrected chi connectivity index (χ2v) is 9.32. The van der Waals surface area contributed by atoms with E-state index < -0.39 is 10.0 Å². The van der Waals surface area contributed by atoms with Gasteiger partial charge in [0.1, 0.15) is 0 Å². The molecule has 1 rings (SSSR count). The summed E-state index contributed by atoms with van der Waals surface area (Å²) in [7, 11) is -3.47. The van der Waals surface area contributed by atoms with E-state index in [9.17, 15) is 13.2 Å². The molecule has 0 aliphatic heterocycles. The molecule has 142 valence electrons. The number of para-hydroxylation sites is 1. The molecule has 0 atom stereocenters. The fourth-order valence-corrected chi connectivity index (χ4v) is 3.62. The second kappa shape index (κ2) is 9.22. The van der Waals surface area contributed by atoms with E-state index in [1.807, 2.05) is 39.0 Å². The first-order chi connectivity index (χ1) is 11.6. The topological polar surface area (TPSA) is 66.5 Å². The van der Waals surface area contributed by atoms with E-state index in [0.717, 1.165) is 24.8 Å². The molecule has 0 saturated carbocycles. The molecule has 0 radical (unpaired) electrons. The lowest BCUT2D eigenvalue weighted by Gasteiger charge is -2.30. The largest absolute Gasteiger partial charge is 0.356 e. The van der Waals surface area contributed by atoms with Gasteiger partial charge in [0.15, 0.2) is 0 Å². The lowest BCUT2D eigenvalue weighted by molar-refractivity contribution is -0.120. The van der Waals surface area contributed by atoms with Crippen LogP contribution in [-0.2, 0) is 20.2 Å². The van der Waals surface area contributed by atoms with Gasteiger partial charge in [-0.15, -0.1) is 0 Å². The number of hydrogen-bond donors (Lipinski definition) is 1. The summed E-state index contributed by atoms with van der Waals surface area (Å²) < 4.78 is 26.0. The quantitative estimate of drug-likeness (QED) is 0.679. The highest BCUT2D eigenvalue weighted by atomic mass is 32.2. The van der Waals surface area contributed by atoms with Gasteiger partial charge in [0.2, 0.25) is 15.9 Å². The fourth-order valence-electron chi connectivity index (χ4n) is 2.68. The van der Waals surface area contributed by atoms with Gasteiger partial charge in [0, 0.05) is 19.5 Å². The summed E-state index contributed by atoms with van der Waals surface area (Å²) in [5.74, 6) is -0.113. The van der Waals surface area contributed by atoms with Gasteiger partial charge >= 0.3 is 0 Å². The first-order valence-electron chi connectivity index (χ1n) is 8.91. The number of carbonyl (C=O) groups is 1. The maximum absolute atomic E-state index is 12.3. The Balaban J connectivity index is 2.90. The molecular formula is C19H32N2O3S. The maximum Gasteiger partial charge on any atom is 0.232 e. The van der Waals surface area contributed by atoms with Gasteiger partial charge in [0.05, 0.1) is 11.9 Å². The maximum atomic E-state index is 12.3. The minimum atomic E-state index is -3.47. The van der Waals surface area contributed by atoms with Crippen LogP contribution in [0.5, 0.6) is 0 Å². The molecule has 0 unspecified atom stereocenters. The van der Waals surface area contributed by atoms with E-state index in [1.54, 1.807) is 6.07 Å². The van der Waals surface area contributed by atoms with E-state index in [4.69, 9.17) is 0 Å². The highest BCUT2D eigenvalue weighted by Crippen LogP contribution is 2.33.